The van der Waals surface area contributed by atoms with Gasteiger partial charge in [0.1, 0.15) is 0 Å². The molecule has 1 aromatic carbocycles. The van der Waals surface area contributed by atoms with Gasteiger partial charge in [0.2, 0.25) is 0 Å². The van der Waals surface area contributed by atoms with E-state index in [1.807, 2.05) is 48.3 Å². The number of nitrogens with zero attached hydrogens (tertiary/aromatic N) is 5. The molecule has 0 aliphatic rings. The van der Waals surface area contributed by atoms with Crippen LogP contribution in [0.3, 0.4) is 0 Å². The first-order valence-corrected chi connectivity index (χ1v) is 12.1. The fraction of sp³-hybridized carbons (Fsp3) is 0.480. The zero-order valence-electron chi connectivity index (χ0n) is 20.0. The molecule has 0 saturated carbocycles. The van der Waals surface area contributed by atoms with Crippen LogP contribution in [0.4, 0.5) is 5.69 Å². The van der Waals surface area contributed by atoms with Crippen LogP contribution in [0.25, 0.3) is 10.9 Å². The predicted octanol–water partition coefficient (Wildman–Crippen LogP) is 4.75. The maximum Gasteiger partial charge on any atom is 0.0964 e. The Bertz CT molecular complexity index is 1030. The zero-order chi connectivity index (χ0) is 23.6. The summed E-state index contributed by atoms with van der Waals surface area (Å²) in [5, 5.41) is 17.3. The van der Waals surface area contributed by atoms with Crippen molar-refractivity contribution < 1.29 is 0 Å². The van der Waals surface area contributed by atoms with Gasteiger partial charge in [-0.25, -0.2) is 0 Å². The van der Waals surface area contributed by atoms with E-state index in [2.05, 4.69) is 51.3 Å². The van der Waals surface area contributed by atoms with Crippen LogP contribution in [0.5, 0.6) is 0 Å². The first-order valence-electron chi connectivity index (χ1n) is 11.7. The fourth-order valence-corrected chi connectivity index (χ4v) is 3.98. The van der Waals surface area contributed by atoms with Crippen LogP contribution in [0.1, 0.15) is 39.3 Å². The molecule has 3 aromatic rings. The molecule has 2 N–H and O–H groups in total. The van der Waals surface area contributed by atoms with E-state index in [1.54, 1.807) is 0 Å². The highest BCUT2D eigenvalue weighted by Gasteiger charge is 2.09. The third kappa shape index (κ3) is 8.11. The average molecular weight is 470 g/mol. The van der Waals surface area contributed by atoms with E-state index >= 15 is 0 Å². The number of hydrogen-bond donors (Lipinski definition) is 2. The lowest BCUT2D eigenvalue weighted by Crippen LogP contribution is -2.29. The largest absolute Gasteiger partial charge is 0.382 e. The van der Waals surface area contributed by atoms with Crippen LogP contribution in [-0.2, 0) is 13.1 Å². The molecule has 8 heteroatoms. The van der Waals surface area contributed by atoms with Crippen LogP contribution >= 0.6 is 11.6 Å². The maximum absolute atomic E-state index is 6.11. The van der Waals surface area contributed by atoms with E-state index in [0.717, 1.165) is 80.0 Å². The number of aromatic nitrogens is 4. The minimum atomic E-state index is 0.370. The van der Waals surface area contributed by atoms with Crippen molar-refractivity contribution in [3.05, 3.63) is 59.5 Å². The summed E-state index contributed by atoms with van der Waals surface area (Å²) >= 11 is 6.11. The molecule has 3 rings (SSSR count). The number of likely N-dealkylation sites (N-methyl/N-ethyl adjacent to an activating group) is 1. The summed E-state index contributed by atoms with van der Waals surface area (Å²) in [5.74, 6) is 0. The highest BCUT2D eigenvalue weighted by Crippen LogP contribution is 2.25. The van der Waals surface area contributed by atoms with Crippen molar-refractivity contribution in [1.82, 2.24) is 30.2 Å². The fourth-order valence-electron chi connectivity index (χ4n) is 3.81. The molecule has 2 heterocycles. The Morgan fingerprint density at radius 3 is 2.91 bits per heavy atom. The molecule has 1 atom stereocenters. The number of halogens is 1. The number of fused-ring (bicyclic) bond motifs is 1. The normalized spacial score (nSPS) is 12.4. The van der Waals surface area contributed by atoms with Crippen LogP contribution < -0.4 is 10.6 Å². The van der Waals surface area contributed by atoms with E-state index < -0.39 is 0 Å². The third-order valence-corrected chi connectivity index (χ3v) is 5.86. The van der Waals surface area contributed by atoms with Gasteiger partial charge in [-0.1, -0.05) is 35.9 Å². The second kappa shape index (κ2) is 12.7. The molecule has 33 heavy (non-hydrogen) atoms. The molecule has 0 aliphatic carbocycles. The van der Waals surface area contributed by atoms with Crippen LogP contribution in [-0.4, -0.2) is 57.1 Å². The van der Waals surface area contributed by atoms with Crippen LogP contribution in [0.15, 0.2) is 48.8 Å². The molecule has 0 fully saturated rings. The van der Waals surface area contributed by atoms with E-state index in [4.69, 9.17) is 11.6 Å². The number of nitrogens with one attached hydrogen (secondary N) is 2. The minimum absolute atomic E-state index is 0.370. The van der Waals surface area contributed by atoms with Gasteiger partial charge in [0.15, 0.2) is 0 Å². The molecule has 7 nitrogen and oxygen atoms in total. The molecule has 2 aromatic heterocycles. The number of hydrogen-bond acceptors (Lipinski definition) is 6. The van der Waals surface area contributed by atoms with Gasteiger partial charge in [-0.15, -0.1) is 5.10 Å². The molecular formula is C25H36ClN7. The van der Waals surface area contributed by atoms with Gasteiger partial charge in [0.25, 0.3) is 0 Å². The van der Waals surface area contributed by atoms with Crippen molar-refractivity contribution in [2.24, 2.45) is 0 Å². The Kier molecular flexibility index (Phi) is 9.66. The van der Waals surface area contributed by atoms with E-state index in [1.165, 1.54) is 0 Å². The molecule has 178 valence electrons. The van der Waals surface area contributed by atoms with Crippen molar-refractivity contribution in [3.63, 3.8) is 0 Å². The second-order valence-corrected chi connectivity index (χ2v) is 9.11. The van der Waals surface area contributed by atoms with E-state index in [0.29, 0.717) is 11.1 Å². The van der Waals surface area contributed by atoms with Gasteiger partial charge >= 0.3 is 0 Å². The Balaban J connectivity index is 1.40. The number of anilines is 1. The molecule has 0 radical (unpaired) electrons. The highest BCUT2D eigenvalue weighted by molar-refractivity contribution is 6.31. The van der Waals surface area contributed by atoms with E-state index in [9.17, 15) is 0 Å². The van der Waals surface area contributed by atoms with Gasteiger partial charge in [-0.3, -0.25) is 9.67 Å². The molecule has 0 aliphatic heterocycles. The molecule has 0 spiro atoms. The Morgan fingerprint density at radius 2 is 2.12 bits per heavy atom. The average Bonchev–Trinajstić information content (AvgIpc) is 3.23. The zero-order valence-corrected chi connectivity index (χ0v) is 20.8. The Hall–Kier alpha value is -2.48. The lowest BCUT2D eigenvalue weighted by atomic mass is 10.1. The Labute approximate surface area is 202 Å². The number of benzene rings is 1. The quantitative estimate of drug-likeness (QED) is 0.332. The lowest BCUT2D eigenvalue weighted by molar-refractivity contribution is 0.263. The molecule has 1 unspecified atom stereocenters. The van der Waals surface area contributed by atoms with Crippen LogP contribution in [0.2, 0.25) is 5.02 Å². The molecule has 0 saturated heterocycles. The van der Waals surface area contributed by atoms with Crippen molar-refractivity contribution >= 4 is 28.2 Å². The van der Waals surface area contributed by atoms with Crippen LogP contribution in [0, 0.1) is 0 Å². The van der Waals surface area contributed by atoms with Crippen molar-refractivity contribution in [2.75, 3.05) is 31.5 Å². The smallest absolute Gasteiger partial charge is 0.0964 e. The molecular weight excluding hydrogens is 434 g/mol. The lowest BCUT2D eigenvalue weighted by Gasteiger charge is -2.22. The summed E-state index contributed by atoms with van der Waals surface area (Å²) in [6.45, 7) is 15.8. The van der Waals surface area contributed by atoms with Crippen molar-refractivity contribution in [1.29, 1.82) is 0 Å². The topological polar surface area (TPSA) is 70.9 Å². The van der Waals surface area contributed by atoms with Gasteiger partial charge in [0, 0.05) is 54.2 Å². The summed E-state index contributed by atoms with van der Waals surface area (Å²) in [6.07, 6.45) is 6.08. The van der Waals surface area contributed by atoms with Gasteiger partial charge < -0.3 is 15.5 Å². The number of pyridine rings is 1. The maximum atomic E-state index is 6.11. The van der Waals surface area contributed by atoms with Gasteiger partial charge in [-0.2, -0.15) is 0 Å². The van der Waals surface area contributed by atoms with Gasteiger partial charge in [0.05, 0.1) is 17.8 Å². The van der Waals surface area contributed by atoms with Crippen molar-refractivity contribution in [2.45, 2.75) is 52.7 Å². The Morgan fingerprint density at radius 1 is 1.27 bits per heavy atom. The number of rotatable bonds is 14. The molecule has 0 bridgehead atoms. The standard InChI is InChI=1S/C25H36ClN7/c1-5-32(13-14-33-18-22(30-31-33)17-27-16-19(2)3)12-6-7-20(4)29-24-10-11-28-25-15-21(26)8-9-23(24)25/h8-11,15,18,20,27H,2,5-7,12-14,16-17H2,1,3-4H3,(H,28,29). The first-order chi connectivity index (χ1) is 15.9. The summed E-state index contributed by atoms with van der Waals surface area (Å²) in [6, 6.07) is 8.26. The van der Waals surface area contributed by atoms with E-state index in [-0.39, 0.29) is 0 Å². The molecule has 0 amide bonds. The monoisotopic (exact) mass is 469 g/mol. The minimum Gasteiger partial charge on any atom is -0.382 e. The van der Waals surface area contributed by atoms with Gasteiger partial charge in [-0.05, 0) is 64.0 Å². The summed E-state index contributed by atoms with van der Waals surface area (Å²) < 4.78 is 1.94. The third-order valence-electron chi connectivity index (χ3n) is 5.63. The summed E-state index contributed by atoms with van der Waals surface area (Å²) in [4.78, 5) is 6.89. The second-order valence-electron chi connectivity index (χ2n) is 8.68. The first kappa shape index (κ1) is 25.1. The predicted molar refractivity (Wildman–Crippen MR) is 138 cm³/mol. The summed E-state index contributed by atoms with van der Waals surface area (Å²) in [7, 11) is 0. The highest BCUT2D eigenvalue weighted by atomic mass is 35.5. The summed E-state index contributed by atoms with van der Waals surface area (Å²) in [5.41, 5.74) is 4.10. The van der Waals surface area contributed by atoms with Crippen molar-refractivity contribution in [3.8, 4) is 0 Å². The SMILES string of the molecule is C=C(C)CNCc1cn(CCN(CC)CCCC(C)Nc2ccnc3cc(Cl)ccc23)nn1.